The van der Waals surface area contributed by atoms with Crippen molar-refractivity contribution in [3.8, 4) is 10.6 Å². The molecule has 0 unspecified atom stereocenters. The molecule has 0 saturated carbocycles. The molecule has 0 aliphatic rings. The van der Waals surface area contributed by atoms with Gasteiger partial charge in [0, 0.05) is 10.9 Å². The minimum Gasteiger partial charge on any atom is -0.455 e. The van der Waals surface area contributed by atoms with Crippen molar-refractivity contribution in [1.82, 2.24) is 4.98 Å². The van der Waals surface area contributed by atoms with Crippen LogP contribution in [0.1, 0.15) is 21.6 Å². The standard InChI is InChI=1S/C19H18N2O4S2/c1-13-7-9-14(10-8-13)18-20-15(12-26-18)11-25-19(22)16-5-3-4-6-17(16)21-27(2,23)24/h3-10,12,21H,11H2,1-2H3. The molecule has 0 spiro atoms. The number of carbonyl (C=O) groups excluding carboxylic acids is 1. The Bertz CT molecular complexity index is 1060. The Balaban J connectivity index is 1.69. The third-order valence-corrected chi connectivity index (χ3v) is 5.17. The maximum Gasteiger partial charge on any atom is 0.340 e. The van der Waals surface area contributed by atoms with Crippen molar-refractivity contribution in [2.45, 2.75) is 13.5 Å². The largest absolute Gasteiger partial charge is 0.455 e. The molecule has 0 atom stereocenters. The van der Waals surface area contributed by atoms with Crippen molar-refractivity contribution in [2.75, 3.05) is 11.0 Å². The fraction of sp³-hybridized carbons (Fsp3) is 0.158. The van der Waals surface area contributed by atoms with Gasteiger partial charge >= 0.3 is 5.97 Å². The molecule has 1 heterocycles. The van der Waals surface area contributed by atoms with Crippen LogP contribution < -0.4 is 4.72 Å². The summed E-state index contributed by atoms with van der Waals surface area (Å²) in [5.41, 5.74) is 3.15. The number of anilines is 1. The molecule has 0 amide bonds. The average molecular weight is 402 g/mol. The Morgan fingerprint density at radius 1 is 1.15 bits per heavy atom. The Morgan fingerprint density at radius 2 is 1.85 bits per heavy atom. The summed E-state index contributed by atoms with van der Waals surface area (Å²) in [5, 5.41) is 2.68. The zero-order valence-electron chi connectivity index (χ0n) is 14.8. The minimum atomic E-state index is -3.50. The summed E-state index contributed by atoms with van der Waals surface area (Å²) >= 11 is 1.47. The zero-order valence-corrected chi connectivity index (χ0v) is 16.4. The number of hydrogen-bond donors (Lipinski definition) is 1. The first-order chi connectivity index (χ1) is 12.8. The molecule has 3 aromatic rings. The summed E-state index contributed by atoms with van der Waals surface area (Å²) in [7, 11) is -3.50. The number of para-hydroxylation sites is 1. The molecule has 1 aromatic heterocycles. The number of benzene rings is 2. The molecule has 3 rings (SSSR count). The molecule has 27 heavy (non-hydrogen) atoms. The second-order valence-corrected chi connectivity index (χ2v) is 8.61. The number of aryl methyl sites for hydroxylation is 1. The molecular weight excluding hydrogens is 384 g/mol. The molecule has 140 valence electrons. The van der Waals surface area contributed by atoms with E-state index in [-0.39, 0.29) is 17.9 Å². The van der Waals surface area contributed by atoms with Gasteiger partial charge in [-0.3, -0.25) is 4.72 Å². The van der Waals surface area contributed by atoms with Crippen LogP contribution >= 0.6 is 11.3 Å². The lowest BCUT2D eigenvalue weighted by Gasteiger charge is -2.09. The fourth-order valence-corrected chi connectivity index (χ4v) is 3.76. The third-order valence-electron chi connectivity index (χ3n) is 3.64. The van der Waals surface area contributed by atoms with Gasteiger partial charge in [-0.15, -0.1) is 11.3 Å². The van der Waals surface area contributed by atoms with Crippen LogP contribution in [0.2, 0.25) is 0 Å². The molecule has 0 aliphatic heterocycles. The van der Waals surface area contributed by atoms with Crippen molar-refractivity contribution in [3.63, 3.8) is 0 Å². The second-order valence-electron chi connectivity index (χ2n) is 6.01. The van der Waals surface area contributed by atoms with Gasteiger partial charge in [0.25, 0.3) is 0 Å². The lowest BCUT2D eigenvalue weighted by atomic mass is 10.2. The van der Waals surface area contributed by atoms with Crippen LogP contribution in [0.25, 0.3) is 10.6 Å². The van der Waals surface area contributed by atoms with Gasteiger partial charge in [0.1, 0.15) is 11.6 Å². The maximum absolute atomic E-state index is 12.4. The fourth-order valence-electron chi connectivity index (χ4n) is 2.37. The van der Waals surface area contributed by atoms with Crippen LogP contribution in [0.3, 0.4) is 0 Å². The topological polar surface area (TPSA) is 85.4 Å². The molecule has 0 radical (unpaired) electrons. The highest BCUT2D eigenvalue weighted by atomic mass is 32.2. The van der Waals surface area contributed by atoms with Gasteiger partial charge in [-0.1, -0.05) is 42.0 Å². The van der Waals surface area contributed by atoms with Crippen LogP contribution in [0.4, 0.5) is 5.69 Å². The number of ether oxygens (including phenoxy) is 1. The van der Waals surface area contributed by atoms with E-state index < -0.39 is 16.0 Å². The van der Waals surface area contributed by atoms with Crippen LogP contribution in [-0.2, 0) is 21.4 Å². The van der Waals surface area contributed by atoms with E-state index >= 15 is 0 Å². The van der Waals surface area contributed by atoms with Gasteiger partial charge in [-0.25, -0.2) is 18.2 Å². The summed E-state index contributed by atoms with van der Waals surface area (Å²) in [6, 6.07) is 14.3. The third kappa shape index (κ3) is 5.15. The van der Waals surface area contributed by atoms with E-state index in [2.05, 4.69) is 9.71 Å². The molecular formula is C19H18N2O4S2. The number of rotatable bonds is 6. The minimum absolute atomic E-state index is 0.00834. The lowest BCUT2D eigenvalue weighted by Crippen LogP contribution is -2.14. The molecule has 2 aromatic carbocycles. The van der Waals surface area contributed by atoms with Crippen molar-refractivity contribution < 1.29 is 17.9 Å². The number of aromatic nitrogens is 1. The van der Waals surface area contributed by atoms with Crippen LogP contribution in [0, 0.1) is 6.92 Å². The summed E-state index contributed by atoms with van der Waals surface area (Å²) in [4.78, 5) is 16.8. The number of sulfonamides is 1. The Hall–Kier alpha value is -2.71. The zero-order chi connectivity index (χ0) is 19.4. The van der Waals surface area contributed by atoms with Crippen molar-refractivity contribution in [3.05, 3.63) is 70.7 Å². The Morgan fingerprint density at radius 3 is 2.56 bits per heavy atom. The van der Waals surface area contributed by atoms with Crippen molar-refractivity contribution >= 4 is 33.0 Å². The van der Waals surface area contributed by atoms with Crippen molar-refractivity contribution in [1.29, 1.82) is 0 Å². The molecule has 0 aliphatic carbocycles. The normalized spacial score (nSPS) is 11.2. The highest BCUT2D eigenvalue weighted by molar-refractivity contribution is 7.92. The molecule has 1 N–H and O–H groups in total. The van der Waals surface area contributed by atoms with Crippen LogP contribution in [0.15, 0.2) is 53.9 Å². The SMILES string of the molecule is Cc1ccc(-c2nc(COC(=O)c3ccccc3NS(C)(=O)=O)cs2)cc1. The summed E-state index contributed by atoms with van der Waals surface area (Å²) in [6.07, 6.45) is 1.02. The first kappa shape index (κ1) is 19.1. The molecule has 6 nitrogen and oxygen atoms in total. The molecule has 0 bridgehead atoms. The van der Waals surface area contributed by atoms with Crippen LogP contribution in [0.5, 0.6) is 0 Å². The van der Waals surface area contributed by atoms with E-state index in [0.29, 0.717) is 5.69 Å². The number of carbonyl (C=O) groups is 1. The number of nitrogens with zero attached hydrogens (tertiary/aromatic N) is 1. The summed E-state index contributed by atoms with van der Waals surface area (Å²) in [5.74, 6) is -0.619. The first-order valence-electron chi connectivity index (χ1n) is 8.07. The quantitative estimate of drug-likeness (QED) is 0.633. The van der Waals surface area contributed by atoms with Crippen molar-refractivity contribution in [2.24, 2.45) is 0 Å². The van der Waals surface area contributed by atoms with Gasteiger partial charge in [0.15, 0.2) is 0 Å². The molecule has 8 heteroatoms. The summed E-state index contributed by atoms with van der Waals surface area (Å²) < 4.78 is 30.5. The second kappa shape index (κ2) is 7.89. The molecule has 0 fully saturated rings. The highest BCUT2D eigenvalue weighted by Crippen LogP contribution is 2.25. The van der Waals surface area contributed by atoms with Gasteiger partial charge in [-0.2, -0.15) is 0 Å². The van der Waals surface area contributed by atoms with Gasteiger partial charge in [-0.05, 0) is 19.1 Å². The van der Waals surface area contributed by atoms with E-state index in [4.69, 9.17) is 4.74 Å². The number of thiazole rings is 1. The Kier molecular flexibility index (Phi) is 5.57. The summed E-state index contributed by atoms with van der Waals surface area (Å²) in [6.45, 7) is 2.03. The average Bonchev–Trinajstić information content (AvgIpc) is 3.08. The highest BCUT2D eigenvalue weighted by Gasteiger charge is 2.16. The van der Waals surface area contributed by atoms with E-state index in [9.17, 15) is 13.2 Å². The molecule has 0 saturated heterocycles. The van der Waals surface area contributed by atoms with Gasteiger partial charge < -0.3 is 4.74 Å². The van der Waals surface area contributed by atoms with Crippen LogP contribution in [-0.4, -0.2) is 25.6 Å². The van der Waals surface area contributed by atoms with E-state index in [0.717, 1.165) is 16.8 Å². The van der Waals surface area contributed by atoms with E-state index in [1.807, 2.05) is 36.6 Å². The lowest BCUT2D eigenvalue weighted by molar-refractivity contribution is 0.0470. The number of nitrogens with one attached hydrogen (secondary N) is 1. The smallest absolute Gasteiger partial charge is 0.340 e. The van der Waals surface area contributed by atoms with E-state index in [1.54, 1.807) is 12.1 Å². The monoisotopic (exact) mass is 402 g/mol. The van der Waals surface area contributed by atoms with E-state index in [1.165, 1.54) is 29.0 Å². The van der Waals surface area contributed by atoms with Gasteiger partial charge in [0.2, 0.25) is 10.0 Å². The predicted octanol–water partition coefficient (Wildman–Crippen LogP) is 3.85. The first-order valence-corrected chi connectivity index (χ1v) is 10.8. The maximum atomic E-state index is 12.4. The predicted molar refractivity (Wildman–Crippen MR) is 106 cm³/mol. The number of hydrogen-bond acceptors (Lipinski definition) is 6. The Labute approximate surface area is 161 Å². The number of esters is 1. The van der Waals surface area contributed by atoms with Gasteiger partial charge in [0.05, 0.1) is 23.2 Å².